The molecule has 0 heterocycles. The number of hydrogen-bond donors (Lipinski definition) is 0. The van der Waals surface area contributed by atoms with Crippen LogP contribution in [0.25, 0.3) is 0 Å². The minimum absolute atomic E-state index is 1.22. The van der Waals surface area contributed by atoms with Crippen LogP contribution in [0.5, 0.6) is 0 Å². The molecule has 0 N–H and O–H groups in total. The number of aryl methyl sites for hydroxylation is 1. The molecule has 0 aliphatic heterocycles. The van der Waals surface area contributed by atoms with E-state index in [-0.39, 0.29) is 0 Å². The maximum absolute atomic E-state index is 2.32. The topological polar surface area (TPSA) is 0 Å². The van der Waals surface area contributed by atoms with Crippen molar-refractivity contribution in [1.82, 2.24) is 0 Å². The normalized spacial score (nSPS) is 11.2. The highest BCUT2D eigenvalue weighted by Crippen LogP contribution is 2.54. The van der Waals surface area contributed by atoms with Crippen molar-refractivity contribution in [3.05, 3.63) is 242 Å². The molecule has 51 heavy (non-hydrogen) atoms. The summed E-state index contributed by atoms with van der Waals surface area (Å²) in [7, 11) is -1.93. The molecule has 0 bridgehead atoms. The van der Waals surface area contributed by atoms with Gasteiger partial charge in [-0.15, -0.1) is 0 Å². The van der Waals surface area contributed by atoms with Gasteiger partial charge in [-0.05, 0) is 55.5 Å². The van der Waals surface area contributed by atoms with Gasteiger partial charge in [0.1, 0.15) is 34.6 Å². The molecule has 0 nitrogen and oxygen atoms in total. The highest BCUT2D eigenvalue weighted by Gasteiger charge is 2.47. The first-order valence-electron chi connectivity index (χ1n) is 17.7. The van der Waals surface area contributed by atoms with Gasteiger partial charge in [0.2, 0.25) is 0 Å². The lowest BCUT2D eigenvalue weighted by Gasteiger charge is -2.44. The number of rotatable bonds is 8. The van der Waals surface area contributed by atoms with Crippen molar-refractivity contribution in [1.29, 1.82) is 0 Å². The van der Waals surface area contributed by atoms with E-state index in [1.807, 2.05) is 0 Å². The van der Waals surface area contributed by atoms with E-state index in [4.69, 9.17) is 0 Å². The van der Waals surface area contributed by atoms with E-state index in [9.17, 15) is 0 Å². The Morgan fingerprint density at radius 3 is 0.725 bits per heavy atom. The molecule has 0 saturated heterocycles. The Bertz CT molecular complexity index is 1950. The predicted molar refractivity (Wildman–Crippen MR) is 226 cm³/mol. The van der Waals surface area contributed by atoms with E-state index < -0.39 is 13.4 Å². The average Bonchev–Trinajstić information content (AvgIpc) is 3.22. The van der Waals surface area contributed by atoms with Gasteiger partial charge in [-0.1, -0.05) is 194 Å². The highest BCUT2D eigenvalue weighted by atomic mass is 31.2. The van der Waals surface area contributed by atoms with Crippen LogP contribution in [0.2, 0.25) is 0 Å². The molecule has 0 atom stereocenters. The Balaban J connectivity index is 0.000000159. The van der Waals surface area contributed by atoms with E-state index in [2.05, 4.69) is 244 Å². The van der Waals surface area contributed by atoms with Gasteiger partial charge in [-0.2, -0.15) is 21.9 Å². The van der Waals surface area contributed by atoms with Crippen molar-refractivity contribution in [3.63, 3.8) is 0 Å². The monoisotopic (exact) mass is 672 g/mol. The SMILES string of the molecule is Cc1ccc([P+](c2ccccc2)(c2ccccc2)c2ccccc2)cc1.c1ccc([B-](c2ccccc2)(c2ccccc2)c2ccccc2)cc1. The molecule has 0 unspecified atom stereocenters. The number of hydrogen-bond acceptors (Lipinski definition) is 0. The third-order valence-electron chi connectivity index (χ3n) is 10.1. The van der Waals surface area contributed by atoms with Crippen LogP contribution >= 0.6 is 7.26 Å². The fourth-order valence-electron chi connectivity index (χ4n) is 7.74. The fourth-order valence-corrected chi connectivity index (χ4v) is 12.0. The minimum Gasteiger partial charge on any atom is -0.195 e. The molecule has 0 aliphatic rings. The fraction of sp³-hybridized carbons (Fsp3) is 0.0204. The molecule has 0 amide bonds. The van der Waals surface area contributed by atoms with Crippen molar-refractivity contribution >= 4 is 56.5 Å². The van der Waals surface area contributed by atoms with Gasteiger partial charge < -0.3 is 0 Å². The zero-order valence-corrected chi connectivity index (χ0v) is 29.9. The first-order chi connectivity index (χ1) is 25.2. The van der Waals surface area contributed by atoms with Crippen molar-refractivity contribution < 1.29 is 0 Å². The largest absolute Gasteiger partial charge is 0.195 e. The van der Waals surface area contributed by atoms with Gasteiger partial charge in [-0.25, -0.2) is 0 Å². The summed E-state index contributed by atoms with van der Waals surface area (Å²) in [4.78, 5) is 0. The minimum atomic E-state index is -1.93. The quantitative estimate of drug-likeness (QED) is 0.115. The van der Waals surface area contributed by atoms with Crippen LogP contribution in [0, 0.1) is 6.92 Å². The lowest BCUT2D eigenvalue weighted by atomic mass is 9.13. The van der Waals surface area contributed by atoms with Crippen LogP contribution in [0.4, 0.5) is 0 Å². The summed E-state index contributed by atoms with van der Waals surface area (Å²) in [6.07, 6.45) is -1.22. The second-order valence-electron chi connectivity index (χ2n) is 13.0. The average molecular weight is 673 g/mol. The molecule has 8 rings (SSSR count). The number of benzene rings is 8. The van der Waals surface area contributed by atoms with Gasteiger partial charge >= 0.3 is 0 Å². The van der Waals surface area contributed by atoms with E-state index in [1.54, 1.807) is 0 Å². The molecule has 0 fully saturated rings. The standard InChI is InChI=1S/C25H22P.C24H20B/c1-21-17-19-25(20-18-21)26(22-11-5-2-6-12-22,23-13-7-3-8-14-23)24-15-9-4-10-16-24;1-5-13-21(14-6-1)25(22-15-7-2-8-16-22,23-17-9-3-10-18-23)24-19-11-4-12-20-24/h2-20H,1H3;1-20H/q+1;-1. The summed E-state index contributed by atoms with van der Waals surface area (Å²) in [6.45, 7) is 2.15. The molecule has 0 aliphatic carbocycles. The van der Waals surface area contributed by atoms with Gasteiger partial charge in [0.25, 0.3) is 0 Å². The Morgan fingerprint density at radius 1 is 0.255 bits per heavy atom. The van der Waals surface area contributed by atoms with Crippen molar-refractivity contribution in [3.8, 4) is 0 Å². The first kappa shape index (κ1) is 33.7. The Hall–Kier alpha value is -5.75. The summed E-state index contributed by atoms with van der Waals surface area (Å²) in [6, 6.07) is 85.6. The molecular formula is C49H42BP. The molecular weight excluding hydrogens is 630 g/mol. The van der Waals surface area contributed by atoms with E-state index in [0.29, 0.717) is 0 Å². The van der Waals surface area contributed by atoms with Crippen molar-refractivity contribution in [2.75, 3.05) is 0 Å². The van der Waals surface area contributed by atoms with Crippen LogP contribution < -0.4 is 43.1 Å². The molecule has 2 heteroatoms. The maximum atomic E-state index is 2.32. The van der Waals surface area contributed by atoms with E-state index >= 15 is 0 Å². The third-order valence-corrected chi connectivity index (χ3v) is 14.3. The lowest BCUT2D eigenvalue weighted by Crippen LogP contribution is -2.74. The molecule has 0 radical (unpaired) electrons. The van der Waals surface area contributed by atoms with Crippen molar-refractivity contribution in [2.24, 2.45) is 0 Å². The smallest absolute Gasteiger partial charge is 0.144 e. The summed E-state index contributed by atoms with van der Waals surface area (Å²) in [5.41, 5.74) is 6.65. The van der Waals surface area contributed by atoms with Crippen LogP contribution in [0.1, 0.15) is 5.56 Å². The zero-order valence-electron chi connectivity index (χ0n) is 29.0. The molecule has 8 aromatic carbocycles. The van der Waals surface area contributed by atoms with Crippen LogP contribution in [0.3, 0.4) is 0 Å². The third kappa shape index (κ3) is 6.74. The Kier molecular flexibility index (Phi) is 10.5. The van der Waals surface area contributed by atoms with Gasteiger partial charge in [0.05, 0.1) is 0 Å². The maximum Gasteiger partial charge on any atom is 0.144 e. The first-order valence-corrected chi connectivity index (χ1v) is 19.5. The zero-order chi connectivity index (χ0) is 34.8. The Morgan fingerprint density at radius 2 is 0.471 bits per heavy atom. The summed E-state index contributed by atoms with van der Waals surface area (Å²) >= 11 is 0. The van der Waals surface area contributed by atoms with Crippen LogP contribution in [-0.4, -0.2) is 6.15 Å². The van der Waals surface area contributed by atoms with Gasteiger partial charge in [0, 0.05) is 0 Å². The van der Waals surface area contributed by atoms with E-state index in [1.165, 1.54) is 48.6 Å². The Labute approximate surface area is 304 Å². The van der Waals surface area contributed by atoms with Gasteiger partial charge in [0.15, 0.2) is 0 Å². The summed E-state index contributed by atoms with van der Waals surface area (Å²) in [5.74, 6) is 0. The summed E-state index contributed by atoms with van der Waals surface area (Å²) < 4.78 is 0. The van der Waals surface area contributed by atoms with Crippen LogP contribution in [0.15, 0.2) is 237 Å². The molecule has 246 valence electrons. The summed E-state index contributed by atoms with van der Waals surface area (Å²) in [5, 5.41) is 5.57. The van der Waals surface area contributed by atoms with Crippen molar-refractivity contribution in [2.45, 2.75) is 6.92 Å². The van der Waals surface area contributed by atoms with E-state index in [0.717, 1.165) is 0 Å². The lowest BCUT2D eigenvalue weighted by molar-refractivity contribution is 1.49. The van der Waals surface area contributed by atoms with Gasteiger partial charge in [-0.3, -0.25) is 0 Å². The molecule has 0 spiro atoms. The van der Waals surface area contributed by atoms with Crippen LogP contribution in [-0.2, 0) is 0 Å². The molecule has 0 saturated carbocycles. The molecule has 0 aromatic heterocycles. The highest BCUT2D eigenvalue weighted by molar-refractivity contribution is 8.01. The second-order valence-corrected chi connectivity index (χ2v) is 16.4. The molecule has 8 aromatic rings. The second kappa shape index (κ2) is 15.9. The predicted octanol–water partition coefficient (Wildman–Crippen LogP) is 7.68.